The van der Waals surface area contributed by atoms with Crippen LogP contribution in [0.2, 0.25) is 0 Å². The van der Waals surface area contributed by atoms with E-state index in [0.717, 1.165) is 12.1 Å². The molecular formula is C17H17F4NO. The summed E-state index contributed by atoms with van der Waals surface area (Å²) in [6, 6.07) is 9.62. The third kappa shape index (κ3) is 3.75. The van der Waals surface area contributed by atoms with E-state index in [1.807, 2.05) is 0 Å². The van der Waals surface area contributed by atoms with Crippen molar-refractivity contribution >= 4 is 5.69 Å². The van der Waals surface area contributed by atoms with Crippen LogP contribution in [0.5, 0.6) is 5.75 Å². The number of benzene rings is 2. The Labute approximate surface area is 131 Å². The number of rotatable bonds is 5. The minimum absolute atomic E-state index is 0.0670. The molecule has 0 bridgehead atoms. The average molecular weight is 327 g/mol. The number of aromatic hydroxyl groups is 1. The zero-order valence-corrected chi connectivity index (χ0v) is 12.7. The largest absolute Gasteiger partial charge is 0.507 e. The highest BCUT2D eigenvalue weighted by molar-refractivity contribution is 5.74. The zero-order chi connectivity index (χ0) is 17.2. The van der Waals surface area contributed by atoms with E-state index in [1.54, 1.807) is 32.0 Å². The molecule has 0 spiro atoms. The molecule has 0 aliphatic carbocycles. The summed E-state index contributed by atoms with van der Waals surface area (Å²) in [5.74, 6) is -4.38. The molecule has 2 N–H and O–H groups in total. The quantitative estimate of drug-likeness (QED) is 0.736. The average Bonchev–Trinajstić information content (AvgIpc) is 2.46. The lowest BCUT2D eigenvalue weighted by atomic mass is 9.98. The number of halogens is 4. The minimum atomic E-state index is -4.27. The van der Waals surface area contributed by atoms with Crippen LogP contribution in [0.15, 0.2) is 42.5 Å². The summed E-state index contributed by atoms with van der Waals surface area (Å²) in [5, 5.41) is 12.8. The Kier molecular flexibility index (Phi) is 4.82. The number of anilines is 1. The SMILES string of the molecule is CC(C)Nc1cc(-c2ccccc2O)cc(C(F)(F)C(F)F)c1. The van der Waals surface area contributed by atoms with Gasteiger partial charge in [-0.05, 0) is 43.7 Å². The number of nitrogens with one attached hydrogen (secondary N) is 1. The van der Waals surface area contributed by atoms with E-state index in [9.17, 15) is 22.7 Å². The highest BCUT2D eigenvalue weighted by atomic mass is 19.3. The molecule has 6 heteroatoms. The predicted molar refractivity (Wildman–Crippen MR) is 82.2 cm³/mol. The summed E-state index contributed by atoms with van der Waals surface area (Å²) in [6.07, 6.45) is -3.81. The Morgan fingerprint density at radius 1 is 1.04 bits per heavy atom. The third-order valence-electron chi connectivity index (χ3n) is 3.26. The van der Waals surface area contributed by atoms with Gasteiger partial charge in [-0.15, -0.1) is 0 Å². The second-order valence-corrected chi connectivity index (χ2v) is 5.54. The lowest BCUT2D eigenvalue weighted by molar-refractivity contribution is -0.135. The fourth-order valence-corrected chi connectivity index (χ4v) is 2.24. The molecule has 2 aromatic carbocycles. The first-order valence-electron chi connectivity index (χ1n) is 7.08. The van der Waals surface area contributed by atoms with E-state index in [4.69, 9.17) is 0 Å². The molecule has 0 aliphatic heterocycles. The van der Waals surface area contributed by atoms with Gasteiger partial charge in [0.1, 0.15) is 5.75 Å². The molecule has 0 saturated heterocycles. The fourth-order valence-electron chi connectivity index (χ4n) is 2.24. The van der Waals surface area contributed by atoms with Crippen molar-refractivity contribution in [2.45, 2.75) is 32.2 Å². The van der Waals surface area contributed by atoms with Crippen LogP contribution >= 0.6 is 0 Å². The molecule has 23 heavy (non-hydrogen) atoms. The maximum absolute atomic E-state index is 13.8. The van der Waals surface area contributed by atoms with Crippen molar-refractivity contribution in [1.29, 1.82) is 0 Å². The number of phenols is 1. The summed E-state index contributed by atoms with van der Waals surface area (Å²) < 4.78 is 52.9. The standard InChI is InChI=1S/C17H17F4NO/c1-10(2)22-13-8-11(14-5-3-4-6-15(14)23)7-12(9-13)17(20,21)16(18)19/h3-10,16,22-23H,1-2H3. The molecule has 0 radical (unpaired) electrons. The molecule has 124 valence electrons. The van der Waals surface area contributed by atoms with E-state index < -0.39 is 17.9 Å². The van der Waals surface area contributed by atoms with Gasteiger partial charge in [-0.25, -0.2) is 8.78 Å². The molecule has 0 atom stereocenters. The predicted octanol–water partition coefficient (Wildman–Crippen LogP) is 5.24. The van der Waals surface area contributed by atoms with E-state index >= 15 is 0 Å². The van der Waals surface area contributed by atoms with Crippen molar-refractivity contribution in [2.24, 2.45) is 0 Å². The number of hydrogen-bond acceptors (Lipinski definition) is 2. The topological polar surface area (TPSA) is 32.3 Å². The van der Waals surface area contributed by atoms with Gasteiger partial charge in [0.2, 0.25) is 0 Å². The zero-order valence-electron chi connectivity index (χ0n) is 12.7. The van der Waals surface area contributed by atoms with Crippen LogP contribution in [0.1, 0.15) is 19.4 Å². The van der Waals surface area contributed by atoms with Crippen LogP contribution in [0.4, 0.5) is 23.2 Å². The molecule has 2 nitrogen and oxygen atoms in total. The van der Waals surface area contributed by atoms with Gasteiger partial charge in [0.05, 0.1) is 0 Å². The normalized spacial score (nSPS) is 12.0. The van der Waals surface area contributed by atoms with Gasteiger partial charge in [0.15, 0.2) is 0 Å². The Hall–Kier alpha value is -2.24. The van der Waals surface area contributed by atoms with Gasteiger partial charge in [0, 0.05) is 22.9 Å². The van der Waals surface area contributed by atoms with Gasteiger partial charge in [-0.2, -0.15) is 8.78 Å². The molecule has 0 amide bonds. The van der Waals surface area contributed by atoms with Crippen molar-refractivity contribution in [3.63, 3.8) is 0 Å². The van der Waals surface area contributed by atoms with Crippen LogP contribution in [0.25, 0.3) is 11.1 Å². The van der Waals surface area contributed by atoms with Crippen LogP contribution in [-0.2, 0) is 5.92 Å². The van der Waals surface area contributed by atoms with Gasteiger partial charge < -0.3 is 10.4 Å². The summed E-state index contributed by atoms with van der Waals surface area (Å²) in [4.78, 5) is 0. The molecule has 2 rings (SSSR count). The summed E-state index contributed by atoms with van der Waals surface area (Å²) in [5.41, 5.74) is 0.0304. The second kappa shape index (κ2) is 6.48. The van der Waals surface area contributed by atoms with Gasteiger partial charge in [-0.3, -0.25) is 0 Å². The maximum atomic E-state index is 13.8. The smallest absolute Gasteiger partial charge is 0.332 e. The first kappa shape index (κ1) is 17.1. The van der Waals surface area contributed by atoms with Gasteiger partial charge >= 0.3 is 12.3 Å². The molecular weight excluding hydrogens is 310 g/mol. The molecule has 0 saturated carbocycles. The molecule has 0 aliphatic rings. The minimum Gasteiger partial charge on any atom is -0.507 e. The van der Waals surface area contributed by atoms with Crippen molar-refractivity contribution < 1.29 is 22.7 Å². The Balaban J connectivity index is 2.61. The van der Waals surface area contributed by atoms with E-state index in [2.05, 4.69) is 5.32 Å². The summed E-state index contributed by atoms with van der Waals surface area (Å²) in [7, 11) is 0. The van der Waals surface area contributed by atoms with E-state index in [1.165, 1.54) is 12.1 Å². The molecule has 0 aromatic heterocycles. The van der Waals surface area contributed by atoms with Crippen molar-refractivity contribution in [1.82, 2.24) is 0 Å². The molecule has 0 unspecified atom stereocenters. The molecule has 0 fully saturated rings. The number of para-hydroxylation sites is 1. The number of hydrogen-bond donors (Lipinski definition) is 2. The maximum Gasteiger partial charge on any atom is 0.332 e. The summed E-state index contributed by atoms with van der Waals surface area (Å²) in [6.45, 7) is 3.61. The lowest BCUT2D eigenvalue weighted by Crippen LogP contribution is -2.24. The summed E-state index contributed by atoms with van der Waals surface area (Å²) >= 11 is 0. The van der Waals surface area contributed by atoms with Crippen LogP contribution in [0.3, 0.4) is 0 Å². The van der Waals surface area contributed by atoms with E-state index in [-0.39, 0.29) is 23.0 Å². The molecule has 0 heterocycles. The van der Waals surface area contributed by atoms with Crippen LogP contribution in [0, 0.1) is 0 Å². The fraction of sp³-hybridized carbons (Fsp3) is 0.294. The Morgan fingerprint density at radius 2 is 1.70 bits per heavy atom. The Morgan fingerprint density at radius 3 is 2.26 bits per heavy atom. The van der Waals surface area contributed by atoms with Crippen molar-refractivity contribution in [2.75, 3.05) is 5.32 Å². The van der Waals surface area contributed by atoms with Crippen LogP contribution < -0.4 is 5.32 Å². The van der Waals surface area contributed by atoms with Gasteiger partial charge in [0.25, 0.3) is 0 Å². The first-order chi connectivity index (χ1) is 10.7. The monoisotopic (exact) mass is 327 g/mol. The highest BCUT2D eigenvalue weighted by Crippen LogP contribution is 2.39. The number of alkyl halides is 4. The molecule has 2 aromatic rings. The van der Waals surface area contributed by atoms with E-state index in [0.29, 0.717) is 5.56 Å². The van der Waals surface area contributed by atoms with Crippen molar-refractivity contribution in [3.05, 3.63) is 48.0 Å². The second-order valence-electron chi connectivity index (χ2n) is 5.54. The first-order valence-corrected chi connectivity index (χ1v) is 7.08. The van der Waals surface area contributed by atoms with Gasteiger partial charge in [-0.1, -0.05) is 18.2 Å². The number of phenolic OH excluding ortho intramolecular Hbond substituents is 1. The van der Waals surface area contributed by atoms with Crippen molar-refractivity contribution in [3.8, 4) is 16.9 Å². The Bertz CT molecular complexity index is 686. The highest BCUT2D eigenvalue weighted by Gasteiger charge is 2.43. The third-order valence-corrected chi connectivity index (χ3v) is 3.26. The van der Waals surface area contributed by atoms with Crippen LogP contribution in [-0.4, -0.2) is 17.6 Å². The lowest BCUT2D eigenvalue weighted by Gasteiger charge is -2.20.